The van der Waals surface area contributed by atoms with Crippen molar-refractivity contribution >= 4 is 5.91 Å². The highest BCUT2D eigenvalue weighted by Crippen LogP contribution is 2.27. The molecule has 1 saturated carbocycles. The molecular formula is C10H20N2O2. The standard InChI is InChI=1S/C10H20N2O2/c1-3-9(11)10(13)12(6-7-14-2)8-4-5-8/h8-9H,3-7,11H2,1-2H3. The molecule has 0 aromatic rings. The highest BCUT2D eigenvalue weighted by atomic mass is 16.5. The number of amides is 1. The molecule has 14 heavy (non-hydrogen) atoms. The quantitative estimate of drug-likeness (QED) is 0.673. The lowest BCUT2D eigenvalue weighted by Gasteiger charge is -2.24. The zero-order valence-corrected chi connectivity index (χ0v) is 9.03. The minimum atomic E-state index is -0.340. The van der Waals surface area contributed by atoms with Crippen LogP contribution in [0.4, 0.5) is 0 Å². The molecule has 0 bridgehead atoms. The number of methoxy groups -OCH3 is 1. The molecule has 1 rings (SSSR count). The van der Waals surface area contributed by atoms with Crippen LogP contribution in [0.3, 0.4) is 0 Å². The van der Waals surface area contributed by atoms with Crippen molar-refractivity contribution in [1.82, 2.24) is 4.90 Å². The van der Waals surface area contributed by atoms with Crippen LogP contribution in [0.5, 0.6) is 0 Å². The average Bonchev–Trinajstić information content (AvgIpc) is 3.01. The van der Waals surface area contributed by atoms with Gasteiger partial charge in [-0.3, -0.25) is 4.79 Å². The first-order chi connectivity index (χ1) is 6.70. The first-order valence-electron chi connectivity index (χ1n) is 5.25. The Balaban J connectivity index is 2.44. The van der Waals surface area contributed by atoms with Crippen LogP contribution in [0.2, 0.25) is 0 Å². The molecule has 1 unspecified atom stereocenters. The second kappa shape index (κ2) is 5.32. The van der Waals surface area contributed by atoms with E-state index in [9.17, 15) is 4.79 Å². The molecule has 0 aromatic carbocycles. The maximum atomic E-state index is 11.8. The zero-order chi connectivity index (χ0) is 10.6. The van der Waals surface area contributed by atoms with E-state index >= 15 is 0 Å². The van der Waals surface area contributed by atoms with Crippen molar-refractivity contribution in [3.05, 3.63) is 0 Å². The number of ether oxygens (including phenoxy) is 1. The Morgan fingerprint density at radius 1 is 1.64 bits per heavy atom. The van der Waals surface area contributed by atoms with Gasteiger partial charge in [0.25, 0.3) is 0 Å². The lowest BCUT2D eigenvalue weighted by Crippen LogP contribution is -2.45. The summed E-state index contributed by atoms with van der Waals surface area (Å²) in [7, 11) is 1.65. The van der Waals surface area contributed by atoms with Crippen molar-refractivity contribution in [2.75, 3.05) is 20.3 Å². The largest absolute Gasteiger partial charge is 0.383 e. The van der Waals surface area contributed by atoms with Crippen LogP contribution in [-0.2, 0) is 9.53 Å². The summed E-state index contributed by atoms with van der Waals surface area (Å²) in [6.07, 6.45) is 2.94. The monoisotopic (exact) mass is 200 g/mol. The van der Waals surface area contributed by atoms with Gasteiger partial charge in [0.15, 0.2) is 0 Å². The maximum Gasteiger partial charge on any atom is 0.239 e. The van der Waals surface area contributed by atoms with E-state index in [1.54, 1.807) is 7.11 Å². The fourth-order valence-corrected chi connectivity index (χ4v) is 1.44. The van der Waals surface area contributed by atoms with Crippen LogP contribution in [0, 0.1) is 0 Å². The van der Waals surface area contributed by atoms with Gasteiger partial charge in [-0.05, 0) is 19.3 Å². The smallest absolute Gasteiger partial charge is 0.239 e. The molecule has 4 nitrogen and oxygen atoms in total. The Kier molecular flexibility index (Phi) is 4.35. The van der Waals surface area contributed by atoms with Crippen LogP contribution >= 0.6 is 0 Å². The molecule has 0 radical (unpaired) electrons. The molecule has 1 aliphatic carbocycles. The minimum absolute atomic E-state index is 0.0760. The zero-order valence-electron chi connectivity index (χ0n) is 9.03. The fourth-order valence-electron chi connectivity index (χ4n) is 1.44. The molecule has 1 aliphatic rings. The lowest BCUT2D eigenvalue weighted by molar-refractivity contribution is -0.133. The summed E-state index contributed by atoms with van der Waals surface area (Å²) in [4.78, 5) is 13.7. The van der Waals surface area contributed by atoms with Gasteiger partial charge in [-0.15, -0.1) is 0 Å². The number of carbonyl (C=O) groups is 1. The third-order valence-corrected chi connectivity index (χ3v) is 2.56. The van der Waals surface area contributed by atoms with Gasteiger partial charge < -0.3 is 15.4 Å². The minimum Gasteiger partial charge on any atom is -0.383 e. The van der Waals surface area contributed by atoms with Gasteiger partial charge in [0, 0.05) is 19.7 Å². The summed E-state index contributed by atoms with van der Waals surface area (Å²) in [5, 5.41) is 0. The Bertz CT molecular complexity index is 193. The third-order valence-electron chi connectivity index (χ3n) is 2.56. The molecular weight excluding hydrogens is 180 g/mol. The Labute approximate surface area is 85.4 Å². The van der Waals surface area contributed by atoms with E-state index in [0.717, 1.165) is 12.8 Å². The van der Waals surface area contributed by atoms with E-state index in [0.29, 0.717) is 25.6 Å². The number of nitrogens with two attached hydrogens (primary N) is 1. The van der Waals surface area contributed by atoms with E-state index < -0.39 is 0 Å². The number of rotatable bonds is 6. The van der Waals surface area contributed by atoms with E-state index in [1.165, 1.54) is 0 Å². The van der Waals surface area contributed by atoms with E-state index in [1.807, 2.05) is 11.8 Å². The lowest BCUT2D eigenvalue weighted by atomic mass is 10.2. The van der Waals surface area contributed by atoms with Crippen molar-refractivity contribution in [3.8, 4) is 0 Å². The topological polar surface area (TPSA) is 55.6 Å². The molecule has 4 heteroatoms. The van der Waals surface area contributed by atoms with Gasteiger partial charge in [0.05, 0.1) is 12.6 Å². The van der Waals surface area contributed by atoms with Gasteiger partial charge in [-0.2, -0.15) is 0 Å². The molecule has 0 aliphatic heterocycles. The van der Waals surface area contributed by atoms with Crippen LogP contribution in [-0.4, -0.2) is 43.2 Å². The van der Waals surface area contributed by atoms with Crippen LogP contribution in [0.25, 0.3) is 0 Å². The molecule has 0 aromatic heterocycles. The summed E-state index contributed by atoms with van der Waals surface area (Å²) in [5.41, 5.74) is 5.72. The Morgan fingerprint density at radius 2 is 2.29 bits per heavy atom. The van der Waals surface area contributed by atoms with Crippen molar-refractivity contribution in [1.29, 1.82) is 0 Å². The third kappa shape index (κ3) is 2.96. The average molecular weight is 200 g/mol. The van der Waals surface area contributed by atoms with Crippen LogP contribution < -0.4 is 5.73 Å². The van der Waals surface area contributed by atoms with Gasteiger partial charge in [0.1, 0.15) is 0 Å². The number of hydrogen-bond acceptors (Lipinski definition) is 3. The molecule has 82 valence electrons. The van der Waals surface area contributed by atoms with E-state index in [2.05, 4.69) is 0 Å². The van der Waals surface area contributed by atoms with Crippen molar-refractivity contribution in [2.45, 2.75) is 38.3 Å². The van der Waals surface area contributed by atoms with E-state index in [4.69, 9.17) is 10.5 Å². The van der Waals surface area contributed by atoms with Gasteiger partial charge in [-0.25, -0.2) is 0 Å². The fraction of sp³-hybridized carbons (Fsp3) is 0.900. The van der Waals surface area contributed by atoms with Gasteiger partial charge >= 0.3 is 0 Å². The van der Waals surface area contributed by atoms with Crippen LogP contribution in [0.15, 0.2) is 0 Å². The van der Waals surface area contributed by atoms with Crippen molar-refractivity contribution in [2.24, 2.45) is 5.73 Å². The highest BCUT2D eigenvalue weighted by molar-refractivity contribution is 5.82. The summed E-state index contributed by atoms with van der Waals surface area (Å²) >= 11 is 0. The molecule has 1 fully saturated rings. The maximum absolute atomic E-state index is 11.8. The highest BCUT2D eigenvalue weighted by Gasteiger charge is 2.33. The predicted octanol–water partition coefficient (Wildman–Crippen LogP) is 0.361. The number of hydrogen-bond donors (Lipinski definition) is 1. The second-order valence-corrected chi connectivity index (χ2v) is 3.77. The van der Waals surface area contributed by atoms with Crippen molar-refractivity contribution < 1.29 is 9.53 Å². The number of carbonyl (C=O) groups excluding carboxylic acids is 1. The number of nitrogens with zero attached hydrogens (tertiary/aromatic N) is 1. The molecule has 1 amide bonds. The Hall–Kier alpha value is -0.610. The van der Waals surface area contributed by atoms with Crippen LogP contribution in [0.1, 0.15) is 26.2 Å². The first kappa shape index (κ1) is 11.5. The summed E-state index contributed by atoms with van der Waals surface area (Å²) < 4.78 is 4.98. The normalized spacial score (nSPS) is 17.9. The molecule has 0 saturated heterocycles. The van der Waals surface area contributed by atoms with Gasteiger partial charge in [-0.1, -0.05) is 6.92 Å². The molecule has 0 spiro atoms. The SMILES string of the molecule is CCC(N)C(=O)N(CCOC)C1CC1. The first-order valence-corrected chi connectivity index (χ1v) is 5.25. The predicted molar refractivity (Wildman–Crippen MR) is 54.9 cm³/mol. The summed E-state index contributed by atoms with van der Waals surface area (Å²) in [5.74, 6) is 0.0760. The second-order valence-electron chi connectivity index (χ2n) is 3.77. The summed E-state index contributed by atoms with van der Waals surface area (Å²) in [6.45, 7) is 3.20. The van der Waals surface area contributed by atoms with Gasteiger partial charge in [0.2, 0.25) is 5.91 Å². The molecule has 2 N–H and O–H groups in total. The molecule has 0 heterocycles. The van der Waals surface area contributed by atoms with Crippen molar-refractivity contribution in [3.63, 3.8) is 0 Å². The summed E-state index contributed by atoms with van der Waals surface area (Å²) in [6, 6.07) is 0.0858. The molecule has 1 atom stereocenters. The van der Waals surface area contributed by atoms with E-state index in [-0.39, 0.29) is 11.9 Å². The Morgan fingerprint density at radius 3 is 2.71 bits per heavy atom.